The molecule has 0 radical (unpaired) electrons. The zero-order valence-electron chi connectivity index (χ0n) is 16.3. The second-order valence-electron chi connectivity index (χ2n) is 7.42. The minimum Gasteiger partial charge on any atom is -0.354 e. The summed E-state index contributed by atoms with van der Waals surface area (Å²) in [6.45, 7) is 7.08. The molecule has 4 rings (SSSR count). The molecule has 0 aliphatic carbocycles. The lowest BCUT2D eigenvalue weighted by Gasteiger charge is -2.37. The van der Waals surface area contributed by atoms with E-state index in [1.165, 1.54) is 0 Å². The number of aromatic nitrogens is 2. The Morgan fingerprint density at radius 3 is 2.68 bits per heavy atom. The summed E-state index contributed by atoms with van der Waals surface area (Å²) in [5.41, 5.74) is 2.95. The summed E-state index contributed by atoms with van der Waals surface area (Å²) in [4.78, 5) is 28.8. The fourth-order valence-corrected chi connectivity index (χ4v) is 4.14. The van der Waals surface area contributed by atoms with Crippen molar-refractivity contribution in [2.75, 3.05) is 50.0 Å². The van der Waals surface area contributed by atoms with Gasteiger partial charge in [0.05, 0.1) is 12.2 Å². The van der Waals surface area contributed by atoms with Gasteiger partial charge in [0.2, 0.25) is 0 Å². The van der Waals surface area contributed by atoms with Crippen LogP contribution in [0.15, 0.2) is 28.7 Å². The number of fused-ring (bicyclic) bond motifs is 1. The Morgan fingerprint density at radius 2 is 1.93 bits per heavy atom. The molecule has 0 spiro atoms. The highest BCUT2D eigenvalue weighted by Gasteiger charge is 2.28. The van der Waals surface area contributed by atoms with Crippen molar-refractivity contribution in [1.82, 2.24) is 19.8 Å². The molecule has 2 aliphatic rings. The predicted molar refractivity (Wildman–Crippen MR) is 114 cm³/mol. The van der Waals surface area contributed by atoms with Gasteiger partial charge in [-0.25, -0.2) is 14.8 Å². The number of piperazine rings is 1. The Morgan fingerprint density at radius 1 is 1.14 bits per heavy atom. The standard InChI is InChI=1S/C20H25BrN6O/c1-14-22-18-6-7-27(20(28)24-16-5-3-4-15(21)12-16)13-17(18)19(23-14)26-10-8-25(2)9-11-26/h3-5,12H,6-11,13H2,1-2H3,(H,24,28). The summed E-state index contributed by atoms with van der Waals surface area (Å²) in [5, 5.41) is 3.00. The number of amides is 2. The van der Waals surface area contributed by atoms with Gasteiger partial charge in [0, 0.05) is 54.9 Å². The van der Waals surface area contributed by atoms with E-state index in [4.69, 9.17) is 4.98 Å². The molecule has 0 bridgehead atoms. The van der Waals surface area contributed by atoms with Crippen molar-refractivity contribution in [2.45, 2.75) is 19.9 Å². The lowest BCUT2D eigenvalue weighted by atomic mass is 10.1. The molecule has 8 heteroatoms. The van der Waals surface area contributed by atoms with E-state index in [-0.39, 0.29) is 6.03 Å². The van der Waals surface area contributed by atoms with Gasteiger partial charge in [0.25, 0.3) is 0 Å². The summed E-state index contributed by atoms with van der Waals surface area (Å²) < 4.78 is 0.940. The number of hydrogen-bond donors (Lipinski definition) is 1. The molecule has 1 aromatic carbocycles. The fourth-order valence-electron chi connectivity index (χ4n) is 3.74. The summed E-state index contributed by atoms with van der Waals surface area (Å²) in [7, 11) is 2.14. The average Bonchev–Trinajstić information content (AvgIpc) is 2.67. The minimum atomic E-state index is -0.0892. The highest BCUT2D eigenvalue weighted by atomic mass is 79.9. The van der Waals surface area contributed by atoms with Gasteiger partial charge in [-0.15, -0.1) is 0 Å². The Balaban J connectivity index is 1.54. The molecule has 1 fully saturated rings. The third-order valence-corrected chi connectivity index (χ3v) is 5.81. The number of halogens is 1. The molecule has 0 saturated carbocycles. The maximum absolute atomic E-state index is 12.8. The van der Waals surface area contributed by atoms with Gasteiger partial charge >= 0.3 is 6.03 Å². The van der Waals surface area contributed by atoms with Gasteiger partial charge in [0.1, 0.15) is 11.6 Å². The molecule has 1 saturated heterocycles. The van der Waals surface area contributed by atoms with Crippen molar-refractivity contribution < 1.29 is 4.79 Å². The fraction of sp³-hybridized carbons (Fsp3) is 0.450. The number of likely N-dealkylation sites (N-methyl/N-ethyl adjacent to an activating group) is 1. The largest absolute Gasteiger partial charge is 0.354 e. The summed E-state index contributed by atoms with van der Waals surface area (Å²) in [6.07, 6.45) is 0.755. The van der Waals surface area contributed by atoms with E-state index in [1.54, 1.807) is 0 Å². The topological polar surface area (TPSA) is 64.6 Å². The number of rotatable bonds is 2. The van der Waals surface area contributed by atoms with Gasteiger partial charge in [-0.05, 0) is 32.2 Å². The minimum absolute atomic E-state index is 0.0892. The third-order valence-electron chi connectivity index (χ3n) is 5.32. The monoisotopic (exact) mass is 444 g/mol. The van der Waals surface area contributed by atoms with Crippen LogP contribution >= 0.6 is 15.9 Å². The number of urea groups is 1. The second-order valence-corrected chi connectivity index (χ2v) is 8.34. The third kappa shape index (κ3) is 4.12. The average molecular weight is 445 g/mol. The number of aryl methyl sites for hydroxylation is 1. The molecule has 0 unspecified atom stereocenters. The van der Waals surface area contributed by atoms with E-state index in [2.05, 4.69) is 43.1 Å². The van der Waals surface area contributed by atoms with Crippen LogP contribution < -0.4 is 10.2 Å². The first-order chi connectivity index (χ1) is 13.5. The molecule has 2 aromatic rings. The van der Waals surface area contributed by atoms with Crippen molar-refractivity contribution in [3.63, 3.8) is 0 Å². The van der Waals surface area contributed by atoms with Crippen molar-refractivity contribution in [3.05, 3.63) is 45.8 Å². The summed E-state index contributed by atoms with van der Waals surface area (Å²) >= 11 is 3.44. The van der Waals surface area contributed by atoms with Gasteiger partial charge in [-0.3, -0.25) is 0 Å². The van der Waals surface area contributed by atoms with Gasteiger partial charge in [-0.2, -0.15) is 0 Å². The normalized spacial score (nSPS) is 17.4. The van der Waals surface area contributed by atoms with E-state index in [0.717, 1.165) is 65.7 Å². The van der Waals surface area contributed by atoms with E-state index < -0.39 is 0 Å². The van der Waals surface area contributed by atoms with Crippen LogP contribution in [0, 0.1) is 6.92 Å². The van der Waals surface area contributed by atoms with Crippen molar-refractivity contribution in [1.29, 1.82) is 0 Å². The zero-order chi connectivity index (χ0) is 19.7. The first-order valence-corrected chi connectivity index (χ1v) is 10.4. The molecule has 2 aliphatic heterocycles. The second kappa shape index (κ2) is 8.05. The Labute approximate surface area is 173 Å². The molecule has 3 heterocycles. The van der Waals surface area contributed by atoms with Crippen LogP contribution in [0.25, 0.3) is 0 Å². The van der Waals surface area contributed by atoms with Gasteiger partial charge in [0.15, 0.2) is 0 Å². The number of carbonyl (C=O) groups excluding carboxylic acids is 1. The molecule has 1 aromatic heterocycles. The molecule has 28 heavy (non-hydrogen) atoms. The van der Waals surface area contributed by atoms with Crippen LogP contribution in [0.2, 0.25) is 0 Å². The zero-order valence-corrected chi connectivity index (χ0v) is 17.9. The van der Waals surface area contributed by atoms with Crippen molar-refractivity contribution in [3.8, 4) is 0 Å². The number of nitrogens with one attached hydrogen (secondary N) is 1. The molecule has 1 N–H and O–H groups in total. The van der Waals surface area contributed by atoms with Crippen LogP contribution in [-0.2, 0) is 13.0 Å². The summed E-state index contributed by atoms with van der Waals surface area (Å²) in [6, 6.07) is 7.55. The van der Waals surface area contributed by atoms with Crippen LogP contribution in [0.1, 0.15) is 17.1 Å². The van der Waals surface area contributed by atoms with E-state index in [0.29, 0.717) is 13.1 Å². The first-order valence-electron chi connectivity index (χ1n) is 9.61. The Kier molecular flexibility index (Phi) is 5.50. The highest BCUT2D eigenvalue weighted by Crippen LogP contribution is 2.28. The van der Waals surface area contributed by atoms with Crippen LogP contribution in [0.5, 0.6) is 0 Å². The Bertz CT molecular complexity index is 881. The predicted octanol–water partition coefficient (Wildman–Crippen LogP) is 2.89. The van der Waals surface area contributed by atoms with Crippen LogP contribution in [0.3, 0.4) is 0 Å². The first kappa shape index (κ1) is 19.1. The van der Waals surface area contributed by atoms with E-state index in [9.17, 15) is 4.79 Å². The molecule has 148 valence electrons. The lowest BCUT2D eigenvalue weighted by molar-refractivity contribution is 0.205. The van der Waals surface area contributed by atoms with Crippen LogP contribution in [0.4, 0.5) is 16.3 Å². The smallest absolute Gasteiger partial charge is 0.322 e. The Hall–Kier alpha value is -2.19. The van der Waals surface area contributed by atoms with Crippen molar-refractivity contribution in [2.24, 2.45) is 0 Å². The molecular weight excluding hydrogens is 420 g/mol. The highest BCUT2D eigenvalue weighted by molar-refractivity contribution is 9.10. The molecule has 7 nitrogen and oxygen atoms in total. The SMILES string of the molecule is Cc1nc2c(c(N3CCN(C)CC3)n1)CN(C(=O)Nc1cccc(Br)c1)CC2. The molecule has 2 amide bonds. The van der Waals surface area contributed by atoms with E-state index in [1.807, 2.05) is 36.1 Å². The van der Waals surface area contributed by atoms with E-state index >= 15 is 0 Å². The molecule has 0 atom stereocenters. The number of hydrogen-bond acceptors (Lipinski definition) is 5. The lowest BCUT2D eigenvalue weighted by Crippen LogP contribution is -2.46. The van der Waals surface area contributed by atoms with Gasteiger partial charge in [-0.1, -0.05) is 22.0 Å². The maximum Gasteiger partial charge on any atom is 0.322 e. The van der Waals surface area contributed by atoms with Gasteiger partial charge < -0.3 is 20.0 Å². The van der Waals surface area contributed by atoms with Crippen LogP contribution in [-0.4, -0.2) is 65.6 Å². The number of nitrogens with zero attached hydrogens (tertiary/aromatic N) is 5. The number of carbonyl (C=O) groups is 1. The molecular formula is C20H25BrN6O. The number of anilines is 2. The maximum atomic E-state index is 12.8. The van der Waals surface area contributed by atoms with Crippen molar-refractivity contribution >= 4 is 33.5 Å². The summed E-state index contributed by atoms with van der Waals surface area (Å²) in [5.74, 6) is 1.80. The quantitative estimate of drug-likeness (QED) is 0.771. The number of benzene rings is 1.